The number of hydrogen-bond acceptors (Lipinski definition) is 4. The Morgan fingerprint density at radius 3 is 2.29 bits per heavy atom. The number of allylic oxidation sites excluding steroid dienone is 2. The Balaban J connectivity index is 3.02. The molecule has 0 unspecified atom stereocenters. The summed E-state index contributed by atoms with van der Waals surface area (Å²) in [7, 11) is 0. The minimum atomic E-state index is -0.201. The lowest BCUT2D eigenvalue weighted by Crippen LogP contribution is -2.29. The molecule has 1 aromatic carbocycles. The van der Waals surface area contributed by atoms with Crippen molar-refractivity contribution in [2.24, 2.45) is 11.6 Å². The molecule has 1 aromatic rings. The van der Waals surface area contributed by atoms with Crippen LogP contribution in [0.1, 0.15) is 17.3 Å². The summed E-state index contributed by atoms with van der Waals surface area (Å²) < 4.78 is 0. The summed E-state index contributed by atoms with van der Waals surface area (Å²) in [6.07, 6.45) is 0. The molecule has 0 aliphatic carbocycles. The fourth-order valence-electron chi connectivity index (χ4n) is 1.09. The Labute approximate surface area is 82.6 Å². The van der Waals surface area contributed by atoms with Gasteiger partial charge in [0.25, 0.3) is 0 Å². The number of hydrazine groups is 1. The monoisotopic (exact) mass is 191 g/mol. The molecule has 4 heteroatoms. The highest BCUT2D eigenvalue weighted by atomic mass is 16.1. The van der Waals surface area contributed by atoms with E-state index in [1.807, 2.05) is 6.07 Å². The number of carbonyl (C=O) groups excluding carboxylic acids is 1. The highest BCUT2D eigenvalue weighted by molar-refractivity contribution is 6.08. The topological polar surface area (TPSA) is 81.1 Å². The lowest BCUT2D eigenvalue weighted by Gasteiger charge is -2.07. The molecule has 0 heterocycles. The van der Waals surface area contributed by atoms with Crippen LogP contribution >= 0.6 is 0 Å². The maximum absolute atomic E-state index is 11.7. The molecule has 5 N–H and O–H groups in total. The van der Waals surface area contributed by atoms with Gasteiger partial charge in [-0.3, -0.25) is 10.6 Å². The predicted octanol–water partition coefficient (Wildman–Crippen LogP) is 0.523. The molecule has 0 aliphatic heterocycles. The van der Waals surface area contributed by atoms with Gasteiger partial charge in [-0.1, -0.05) is 30.3 Å². The Bertz CT molecular complexity index is 353. The summed E-state index contributed by atoms with van der Waals surface area (Å²) >= 11 is 0. The van der Waals surface area contributed by atoms with Crippen LogP contribution in [0, 0.1) is 0 Å². The van der Waals surface area contributed by atoms with Crippen molar-refractivity contribution in [3.63, 3.8) is 0 Å². The quantitative estimate of drug-likeness (QED) is 0.281. The van der Waals surface area contributed by atoms with E-state index >= 15 is 0 Å². The summed E-state index contributed by atoms with van der Waals surface area (Å²) in [4.78, 5) is 11.7. The van der Waals surface area contributed by atoms with E-state index in [1.54, 1.807) is 31.2 Å². The van der Waals surface area contributed by atoms with E-state index in [9.17, 15) is 4.79 Å². The third-order valence-electron chi connectivity index (χ3n) is 1.80. The first kappa shape index (κ1) is 10.3. The first-order valence-electron chi connectivity index (χ1n) is 4.19. The Morgan fingerprint density at radius 1 is 1.29 bits per heavy atom. The maximum Gasteiger partial charge on any atom is 0.211 e. The van der Waals surface area contributed by atoms with Gasteiger partial charge in [-0.25, -0.2) is 0 Å². The molecule has 0 saturated heterocycles. The number of hydrogen-bond donors (Lipinski definition) is 3. The number of rotatable bonds is 3. The second-order valence-electron chi connectivity index (χ2n) is 2.90. The predicted molar refractivity (Wildman–Crippen MR) is 55.0 cm³/mol. The van der Waals surface area contributed by atoms with Gasteiger partial charge in [0, 0.05) is 11.3 Å². The van der Waals surface area contributed by atoms with E-state index in [2.05, 4.69) is 5.43 Å². The Morgan fingerprint density at radius 2 is 1.86 bits per heavy atom. The minimum Gasteiger partial charge on any atom is -0.400 e. The van der Waals surface area contributed by atoms with Gasteiger partial charge >= 0.3 is 0 Å². The summed E-state index contributed by atoms with van der Waals surface area (Å²) in [5.74, 6) is 5.00. The molecule has 1 rings (SSSR count). The first-order chi connectivity index (χ1) is 6.66. The Hall–Kier alpha value is -1.81. The van der Waals surface area contributed by atoms with Gasteiger partial charge in [0.1, 0.15) is 5.70 Å². The van der Waals surface area contributed by atoms with Crippen LogP contribution in [0.3, 0.4) is 0 Å². The van der Waals surface area contributed by atoms with Crippen LogP contribution in [-0.2, 0) is 0 Å². The summed E-state index contributed by atoms with van der Waals surface area (Å²) in [6, 6.07) is 8.83. The average Bonchev–Trinajstić information content (AvgIpc) is 2.19. The zero-order valence-corrected chi connectivity index (χ0v) is 7.95. The molecule has 0 saturated carbocycles. The second kappa shape index (κ2) is 4.43. The van der Waals surface area contributed by atoms with E-state index in [4.69, 9.17) is 11.6 Å². The van der Waals surface area contributed by atoms with Gasteiger partial charge in [-0.05, 0) is 6.92 Å². The molecule has 0 radical (unpaired) electrons. The molecule has 0 atom stereocenters. The van der Waals surface area contributed by atoms with Crippen LogP contribution in [0.4, 0.5) is 0 Å². The van der Waals surface area contributed by atoms with Gasteiger partial charge in [-0.2, -0.15) is 0 Å². The van der Waals surface area contributed by atoms with Crippen molar-refractivity contribution < 1.29 is 4.79 Å². The summed E-state index contributed by atoms with van der Waals surface area (Å²) in [5.41, 5.74) is 8.98. The number of Topliss-reactive ketones (excluding diaryl/α,β-unsaturated/α-hetero) is 1. The van der Waals surface area contributed by atoms with Crippen molar-refractivity contribution in [2.75, 3.05) is 0 Å². The van der Waals surface area contributed by atoms with Crippen LogP contribution in [0.25, 0.3) is 0 Å². The van der Waals surface area contributed by atoms with E-state index < -0.39 is 0 Å². The van der Waals surface area contributed by atoms with Crippen LogP contribution < -0.4 is 17.0 Å². The molecule has 0 fully saturated rings. The molecular formula is C10H13N3O. The fourth-order valence-corrected chi connectivity index (χ4v) is 1.09. The lowest BCUT2D eigenvalue weighted by atomic mass is 10.1. The van der Waals surface area contributed by atoms with Crippen LogP contribution in [0.2, 0.25) is 0 Å². The van der Waals surface area contributed by atoms with Crippen molar-refractivity contribution in [2.45, 2.75) is 6.92 Å². The van der Waals surface area contributed by atoms with Crippen molar-refractivity contribution in [1.29, 1.82) is 0 Å². The summed E-state index contributed by atoms with van der Waals surface area (Å²) in [5, 5.41) is 0. The van der Waals surface area contributed by atoms with Crippen LogP contribution in [0.5, 0.6) is 0 Å². The van der Waals surface area contributed by atoms with E-state index in [0.29, 0.717) is 11.3 Å². The zero-order valence-electron chi connectivity index (χ0n) is 7.95. The minimum absolute atomic E-state index is 0.201. The van der Waals surface area contributed by atoms with Gasteiger partial charge in [0.05, 0.1) is 0 Å². The van der Waals surface area contributed by atoms with E-state index in [1.165, 1.54) is 0 Å². The number of nitrogens with two attached hydrogens (primary N) is 2. The molecular weight excluding hydrogens is 178 g/mol. The molecule has 0 bridgehead atoms. The fraction of sp³-hybridized carbons (Fsp3) is 0.100. The zero-order chi connectivity index (χ0) is 10.6. The highest BCUT2D eigenvalue weighted by Gasteiger charge is 2.11. The molecule has 0 aromatic heterocycles. The third kappa shape index (κ3) is 2.11. The van der Waals surface area contributed by atoms with Crippen LogP contribution in [-0.4, -0.2) is 5.78 Å². The van der Waals surface area contributed by atoms with Crippen molar-refractivity contribution in [3.8, 4) is 0 Å². The van der Waals surface area contributed by atoms with Crippen LogP contribution in [0.15, 0.2) is 41.7 Å². The van der Waals surface area contributed by atoms with Gasteiger partial charge in [0.2, 0.25) is 5.78 Å². The lowest BCUT2D eigenvalue weighted by molar-refractivity contribution is 0.102. The van der Waals surface area contributed by atoms with Crippen molar-refractivity contribution in [1.82, 2.24) is 5.43 Å². The third-order valence-corrected chi connectivity index (χ3v) is 1.80. The number of ketones is 1. The van der Waals surface area contributed by atoms with Gasteiger partial charge in [-0.15, -0.1) is 0 Å². The first-order valence-corrected chi connectivity index (χ1v) is 4.19. The molecule has 0 amide bonds. The molecule has 14 heavy (non-hydrogen) atoms. The molecule has 4 nitrogen and oxygen atoms in total. The number of nitrogens with one attached hydrogen (secondary N) is 1. The number of benzene rings is 1. The van der Waals surface area contributed by atoms with Gasteiger partial charge in [0.15, 0.2) is 0 Å². The molecule has 74 valence electrons. The standard InChI is InChI=1S/C10H13N3O/c1-7(11)9(13-12)10(14)8-5-3-2-4-6-8/h2-6,13H,11-12H2,1H3/b9-7-. The normalized spacial score (nSPS) is 11.9. The smallest absolute Gasteiger partial charge is 0.211 e. The molecule has 0 aliphatic rings. The molecule has 0 spiro atoms. The van der Waals surface area contributed by atoms with Crippen molar-refractivity contribution >= 4 is 5.78 Å². The highest BCUT2D eigenvalue weighted by Crippen LogP contribution is 2.06. The Kier molecular flexibility index (Phi) is 3.25. The van der Waals surface area contributed by atoms with Crippen molar-refractivity contribution in [3.05, 3.63) is 47.3 Å². The largest absolute Gasteiger partial charge is 0.400 e. The maximum atomic E-state index is 11.7. The summed E-state index contributed by atoms with van der Waals surface area (Å²) in [6.45, 7) is 1.62. The number of carbonyl (C=O) groups is 1. The second-order valence-corrected chi connectivity index (χ2v) is 2.90. The average molecular weight is 191 g/mol. The van der Waals surface area contributed by atoms with E-state index in [-0.39, 0.29) is 11.5 Å². The van der Waals surface area contributed by atoms with Gasteiger partial charge < -0.3 is 11.2 Å². The van der Waals surface area contributed by atoms with E-state index in [0.717, 1.165) is 0 Å². The SMILES string of the molecule is C/C(N)=C(/NN)C(=O)c1ccccc1.